The first kappa shape index (κ1) is 23.3. The number of hydrogen-bond acceptors (Lipinski definition) is 6. The maximum Gasteiger partial charge on any atom is 0.251 e. The summed E-state index contributed by atoms with van der Waals surface area (Å²) in [5.74, 6) is -0.320. The molecule has 0 unspecified atom stereocenters. The van der Waals surface area contributed by atoms with Crippen molar-refractivity contribution >= 4 is 38.6 Å². The second-order valence-corrected chi connectivity index (χ2v) is 11.1. The third kappa shape index (κ3) is 6.14. The summed E-state index contributed by atoms with van der Waals surface area (Å²) in [5, 5.41) is 7.68. The van der Waals surface area contributed by atoms with Gasteiger partial charge in [0.1, 0.15) is 5.01 Å². The standard InChI is InChI=1S/C24H23N3O3S3/c1-17-7-9-18(10-8-17)24-27-20(16-32-24)11-12-25-23(28)19-4-2-6-22(14-19)33(29,30)26-15-21-5-3-13-31-21/h2-10,13-14,16,26H,11-12,15H2,1H3,(H,25,28). The first-order valence-corrected chi connectivity index (χ1v) is 13.6. The Balaban J connectivity index is 1.33. The van der Waals surface area contributed by atoms with Crippen LogP contribution in [0.1, 0.15) is 26.5 Å². The first-order valence-electron chi connectivity index (χ1n) is 10.3. The average molecular weight is 498 g/mol. The molecule has 9 heteroatoms. The number of aromatic nitrogens is 1. The van der Waals surface area contributed by atoms with Crippen LogP contribution in [0.5, 0.6) is 0 Å². The molecule has 0 saturated carbocycles. The van der Waals surface area contributed by atoms with Crippen LogP contribution in [0.4, 0.5) is 0 Å². The summed E-state index contributed by atoms with van der Waals surface area (Å²) >= 11 is 3.05. The highest BCUT2D eigenvalue weighted by molar-refractivity contribution is 7.89. The van der Waals surface area contributed by atoms with E-state index >= 15 is 0 Å². The lowest BCUT2D eigenvalue weighted by molar-refractivity contribution is 0.0954. The number of nitrogens with zero attached hydrogens (tertiary/aromatic N) is 1. The Kier molecular flexibility index (Phi) is 7.34. The van der Waals surface area contributed by atoms with Crippen LogP contribution in [0.15, 0.2) is 76.3 Å². The fourth-order valence-corrected chi connectivity index (χ4v) is 5.77. The molecule has 4 aromatic rings. The summed E-state index contributed by atoms with van der Waals surface area (Å²) in [6, 6.07) is 18.0. The van der Waals surface area contributed by atoms with Crippen molar-refractivity contribution in [3.63, 3.8) is 0 Å². The minimum absolute atomic E-state index is 0.0638. The van der Waals surface area contributed by atoms with Crippen molar-refractivity contribution in [2.75, 3.05) is 6.54 Å². The SMILES string of the molecule is Cc1ccc(-c2nc(CCNC(=O)c3cccc(S(=O)(=O)NCc4cccs4)c3)cs2)cc1. The molecule has 2 N–H and O–H groups in total. The smallest absolute Gasteiger partial charge is 0.251 e. The zero-order valence-corrected chi connectivity index (χ0v) is 20.4. The lowest BCUT2D eigenvalue weighted by Crippen LogP contribution is -2.27. The third-order valence-corrected chi connectivity index (χ3v) is 8.16. The summed E-state index contributed by atoms with van der Waals surface area (Å²) in [7, 11) is -3.71. The zero-order chi connectivity index (χ0) is 23.3. The maximum absolute atomic E-state index is 12.6. The molecule has 170 valence electrons. The van der Waals surface area contributed by atoms with Crippen molar-refractivity contribution in [1.82, 2.24) is 15.0 Å². The summed E-state index contributed by atoms with van der Waals surface area (Å²) in [6.07, 6.45) is 0.592. The molecular formula is C24H23N3O3S3. The maximum atomic E-state index is 12.6. The van der Waals surface area contributed by atoms with E-state index in [9.17, 15) is 13.2 Å². The van der Waals surface area contributed by atoms with E-state index in [1.54, 1.807) is 23.5 Å². The number of carbonyl (C=O) groups is 1. The van der Waals surface area contributed by atoms with Gasteiger partial charge in [-0.2, -0.15) is 0 Å². The Morgan fingerprint density at radius 2 is 1.85 bits per heavy atom. The van der Waals surface area contributed by atoms with Gasteiger partial charge in [0.2, 0.25) is 10.0 Å². The Morgan fingerprint density at radius 3 is 2.61 bits per heavy atom. The molecule has 33 heavy (non-hydrogen) atoms. The van der Waals surface area contributed by atoms with E-state index in [1.165, 1.54) is 29.0 Å². The van der Waals surface area contributed by atoms with E-state index in [2.05, 4.69) is 39.3 Å². The molecule has 0 aliphatic rings. The number of amides is 1. The molecule has 0 aliphatic heterocycles. The van der Waals surface area contributed by atoms with Crippen LogP contribution in [-0.4, -0.2) is 25.9 Å². The molecule has 2 aromatic heterocycles. The molecule has 0 saturated heterocycles. The van der Waals surface area contributed by atoms with E-state index in [-0.39, 0.29) is 17.3 Å². The van der Waals surface area contributed by atoms with Gasteiger partial charge in [0, 0.05) is 40.9 Å². The predicted molar refractivity (Wildman–Crippen MR) is 133 cm³/mol. The van der Waals surface area contributed by atoms with Gasteiger partial charge >= 0.3 is 0 Å². The number of aryl methyl sites for hydroxylation is 1. The molecule has 0 atom stereocenters. The van der Waals surface area contributed by atoms with E-state index in [0.717, 1.165) is 21.1 Å². The van der Waals surface area contributed by atoms with Gasteiger partial charge < -0.3 is 5.32 Å². The number of benzene rings is 2. The van der Waals surface area contributed by atoms with Crippen molar-refractivity contribution in [1.29, 1.82) is 0 Å². The molecule has 0 aliphatic carbocycles. The van der Waals surface area contributed by atoms with Gasteiger partial charge in [0.05, 0.1) is 10.6 Å². The van der Waals surface area contributed by atoms with Crippen LogP contribution in [0.3, 0.4) is 0 Å². The van der Waals surface area contributed by atoms with Gasteiger partial charge in [-0.05, 0) is 36.6 Å². The normalized spacial score (nSPS) is 11.4. The van der Waals surface area contributed by atoms with Gasteiger partial charge in [-0.15, -0.1) is 22.7 Å². The highest BCUT2D eigenvalue weighted by atomic mass is 32.2. The summed E-state index contributed by atoms with van der Waals surface area (Å²) < 4.78 is 27.8. The van der Waals surface area contributed by atoms with Crippen molar-refractivity contribution in [2.24, 2.45) is 0 Å². The van der Waals surface area contributed by atoms with Crippen molar-refractivity contribution in [3.8, 4) is 10.6 Å². The predicted octanol–water partition coefficient (Wildman–Crippen LogP) is 4.63. The van der Waals surface area contributed by atoms with Crippen molar-refractivity contribution in [3.05, 3.63) is 93.1 Å². The second-order valence-electron chi connectivity index (χ2n) is 7.45. The van der Waals surface area contributed by atoms with Crippen LogP contribution in [0.2, 0.25) is 0 Å². The Labute approximate surface area is 201 Å². The van der Waals surface area contributed by atoms with E-state index in [1.807, 2.05) is 29.8 Å². The minimum Gasteiger partial charge on any atom is -0.352 e. The number of thiophene rings is 1. The average Bonchev–Trinajstić information content (AvgIpc) is 3.51. The zero-order valence-electron chi connectivity index (χ0n) is 17.9. The number of sulfonamides is 1. The Hall–Kier alpha value is -2.85. The van der Waals surface area contributed by atoms with Crippen LogP contribution in [0, 0.1) is 6.92 Å². The lowest BCUT2D eigenvalue weighted by atomic mass is 10.2. The molecular weight excluding hydrogens is 474 g/mol. The Morgan fingerprint density at radius 1 is 1.03 bits per heavy atom. The number of rotatable bonds is 9. The van der Waals surface area contributed by atoms with Gasteiger partial charge in [0.25, 0.3) is 5.91 Å². The van der Waals surface area contributed by atoms with E-state index in [0.29, 0.717) is 18.5 Å². The van der Waals surface area contributed by atoms with Crippen LogP contribution >= 0.6 is 22.7 Å². The molecule has 0 bridgehead atoms. The second kappa shape index (κ2) is 10.4. The van der Waals surface area contributed by atoms with Crippen LogP contribution < -0.4 is 10.0 Å². The fraction of sp³-hybridized carbons (Fsp3) is 0.167. The molecule has 0 radical (unpaired) electrons. The van der Waals surface area contributed by atoms with E-state index < -0.39 is 10.0 Å². The highest BCUT2D eigenvalue weighted by Gasteiger charge is 2.16. The largest absolute Gasteiger partial charge is 0.352 e. The highest BCUT2D eigenvalue weighted by Crippen LogP contribution is 2.24. The molecule has 4 rings (SSSR count). The van der Waals surface area contributed by atoms with Crippen LogP contribution in [-0.2, 0) is 23.0 Å². The molecule has 0 fully saturated rings. The topological polar surface area (TPSA) is 88.2 Å². The van der Waals surface area contributed by atoms with Crippen molar-refractivity contribution in [2.45, 2.75) is 24.8 Å². The molecule has 0 spiro atoms. The number of carbonyl (C=O) groups excluding carboxylic acids is 1. The lowest BCUT2D eigenvalue weighted by Gasteiger charge is -2.08. The monoisotopic (exact) mass is 497 g/mol. The summed E-state index contributed by atoms with van der Waals surface area (Å²) in [6.45, 7) is 2.67. The van der Waals surface area contributed by atoms with Gasteiger partial charge in [-0.25, -0.2) is 18.1 Å². The fourth-order valence-electron chi connectivity index (χ4n) is 3.12. The summed E-state index contributed by atoms with van der Waals surface area (Å²) in [4.78, 5) is 18.2. The van der Waals surface area contributed by atoms with Gasteiger partial charge in [0.15, 0.2) is 0 Å². The number of thiazole rings is 1. The van der Waals surface area contributed by atoms with Gasteiger partial charge in [-0.1, -0.05) is 42.0 Å². The van der Waals surface area contributed by atoms with E-state index in [4.69, 9.17) is 0 Å². The summed E-state index contributed by atoms with van der Waals surface area (Å²) in [5.41, 5.74) is 3.48. The minimum atomic E-state index is -3.71. The quantitative estimate of drug-likeness (QED) is 0.353. The molecule has 1 amide bonds. The van der Waals surface area contributed by atoms with Crippen LogP contribution in [0.25, 0.3) is 10.6 Å². The third-order valence-electron chi connectivity index (χ3n) is 4.94. The van der Waals surface area contributed by atoms with Gasteiger partial charge in [-0.3, -0.25) is 4.79 Å². The molecule has 6 nitrogen and oxygen atoms in total. The van der Waals surface area contributed by atoms with Crippen molar-refractivity contribution < 1.29 is 13.2 Å². The molecule has 2 heterocycles. The Bertz CT molecular complexity index is 1330. The first-order chi connectivity index (χ1) is 15.9. The number of nitrogens with one attached hydrogen (secondary N) is 2. The molecule has 2 aromatic carbocycles. The number of hydrogen-bond donors (Lipinski definition) is 2.